The average molecular weight is 367 g/mol. The van der Waals surface area contributed by atoms with E-state index in [2.05, 4.69) is 9.71 Å². The van der Waals surface area contributed by atoms with Crippen LogP contribution >= 0.6 is 34.3 Å². The van der Waals surface area contributed by atoms with E-state index < -0.39 is 16.0 Å². The second-order valence-electron chi connectivity index (χ2n) is 4.17. The van der Waals surface area contributed by atoms with Gasteiger partial charge >= 0.3 is 5.97 Å². The smallest absolute Gasteiger partial charge is 0.347 e. The Morgan fingerprint density at radius 2 is 2.10 bits per heavy atom. The molecule has 0 bridgehead atoms. The van der Waals surface area contributed by atoms with Gasteiger partial charge in [0.1, 0.15) is 14.1 Å². The van der Waals surface area contributed by atoms with Gasteiger partial charge in [0.2, 0.25) is 10.0 Å². The van der Waals surface area contributed by atoms with Crippen LogP contribution in [0, 0.1) is 13.8 Å². The third kappa shape index (κ3) is 3.61. The number of aryl methyl sites for hydroxylation is 2. The number of aromatic nitrogens is 1. The van der Waals surface area contributed by atoms with Crippen molar-refractivity contribution in [2.45, 2.75) is 24.6 Å². The molecule has 114 valence electrons. The van der Waals surface area contributed by atoms with E-state index in [4.69, 9.17) is 16.7 Å². The maximum Gasteiger partial charge on any atom is 0.347 e. The fourth-order valence-corrected chi connectivity index (χ4v) is 5.19. The third-order valence-electron chi connectivity index (χ3n) is 2.55. The Balaban J connectivity index is 2.15. The molecule has 2 aromatic heterocycles. The normalized spacial score (nSPS) is 11.8. The summed E-state index contributed by atoms with van der Waals surface area (Å²) in [5.41, 5.74) is 1.07. The lowest BCUT2D eigenvalue weighted by Crippen LogP contribution is -2.22. The SMILES string of the molecule is Cc1cc(S(=O)(=O)NCc2nc(C)c(C(=O)O)s2)sc1Cl. The molecule has 0 unspecified atom stereocenters. The molecule has 6 nitrogen and oxygen atoms in total. The van der Waals surface area contributed by atoms with Crippen LogP contribution in [0.4, 0.5) is 0 Å². The van der Waals surface area contributed by atoms with Gasteiger partial charge in [0.05, 0.1) is 16.6 Å². The highest BCUT2D eigenvalue weighted by Crippen LogP contribution is 2.30. The molecule has 10 heteroatoms. The van der Waals surface area contributed by atoms with Crippen LogP contribution in [-0.4, -0.2) is 24.5 Å². The lowest BCUT2D eigenvalue weighted by molar-refractivity contribution is 0.0701. The summed E-state index contributed by atoms with van der Waals surface area (Å²) in [7, 11) is -3.68. The number of nitrogens with zero attached hydrogens (tertiary/aromatic N) is 1. The minimum absolute atomic E-state index is 0.0598. The van der Waals surface area contributed by atoms with E-state index in [0.29, 0.717) is 20.6 Å². The van der Waals surface area contributed by atoms with E-state index in [1.807, 2.05) is 0 Å². The lowest BCUT2D eigenvalue weighted by atomic mass is 10.4. The maximum atomic E-state index is 12.1. The van der Waals surface area contributed by atoms with Gasteiger partial charge in [0.25, 0.3) is 0 Å². The van der Waals surface area contributed by atoms with Gasteiger partial charge in [-0.15, -0.1) is 22.7 Å². The Bertz CT molecular complexity index is 775. The van der Waals surface area contributed by atoms with Gasteiger partial charge in [0.15, 0.2) is 0 Å². The molecule has 0 amide bonds. The van der Waals surface area contributed by atoms with E-state index in [1.165, 1.54) is 6.07 Å². The van der Waals surface area contributed by atoms with Crippen molar-refractivity contribution in [2.24, 2.45) is 0 Å². The molecule has 0 spiro atoms. The molecule has 0 saturated heterocycles. The molecule has 0 aromatic carbocycles. The number of halogens is 1. The van der Waals surface area contributed by atoms with Gasteiger partial charge in [0, 0.05) is 0 Å². The lowest BCUT2D eigenvalue weighted by Gasteiger charge is -2.01. The minimum Gasteiger partial charge on any atom is -0.477 e. The fraction of sp³-hybridized carbons (Fsp3) is 0.273. The second kappa shape index (κ2) is 6.01. The summed E-state index contributed by atoms with van der Waals surface area (Å²) in [6, 6.07) is 1.49. The average Bonchev–Trinajstić information content (AvgIpc) is 2.92. The van der Waals surface area contributed by atoms with Crippen molar-refractivity contribution in [1.82, 2.24) is 9.71 Å². The Morgan fingerprint density at radius 3 is 2.57 bits per heavy atom. The van der Waals surface area contributed by atoms with Crippen LogP contribution in [0.3, 0.4) is 0 Å². The summed E-state index contributed by atoms with van der Waals surface area (Å²) in [6.45, 7) is 3.23. The molecule has 0 aliphatic carbocycles. The molecule has 0 radical (unpaired) electrons. The number of nitrogens with one attached hydrogen (secondary N) is 1. The maximum absolute atomic E-state index is 12.1. The highest BCUT2D eigenvalue weighted by Gasteiger charge is 2.20. The number of carboxylic acid groups (broad SMARTS) is 1. The van der Waals surface area contributed by atoms with Crippen LogP contribution in [0.5, 0.6) is 0 Å². The van der Waals surface area contributed by atoms with E-state index in [0.717, 1.165) is 22.7 Å². The van der Waals surface area contributed by atoms with Crippen molar-refractivity contribution in [3.63, 3.8) is 0 Å². The van der Waals surface area contributed by atoms with E-state index >= 15 is 0 Å². The van der Waals surface area contributed by atoms with Crippen molar-refractivity contribution in [3.05, 3.63) is 31.5 Å². The molecule has 0 atom stereocenters. The highest BCUT2D eigenvalue weighted by atomic mass is 35.5. The van der Waals surface area contributed by atoms with Crippen LogP contribution in [0.1, 0.15) is 25.9 Å². The van der Waals surface area contributed by atoms with Crippen molar-refractivity contribution in [3.8, 4) is 0 Å². The molecule has 2 aromatic rings. The number of rotatable bonds is 5. The number of carboxylic acids is 1. The minimum atomic E-state index is -3.68. The van der Waals surface area contributed by atoms with Gasteiger partial charge in [-0.05, 0) is 25.5 Å². The Hall–Kier alpha value is -1.00. The summed E-state index contributed by atoms with van der Waals surface area (Å²) >= 11 is 7.79. The number of thiophene rings is 1. The molecule has 0 fully saturated rings. The number of aromatic carboxylic acids is 1. The number of carbonyl (C=O) groups is 1. The number of sulfonamides is 1. The summed E-state index contributed by atoms with van der Waals surface area (Å²) in [5.74, 6) is -1.07. The summed E-state index contributed by atoms with van der Waals surface area (Å²) in [5, 5.41) is 9.33. The summed E-state index contributed by atoms with van der Waals surface area (Å²) < 4.78 is 27.1. The monoisotopic (exact) mass is 366 g/mol. The van der Waals surface area contributed by atoms with E-state index in [-0.39, 0.29) is 15.6 Å². The largest absolute Gasteiger partial charge is 0.477 e. The standard InChI is InChI=1S/C11H11ClN2O4S3/c1-5-3-8(20-10(5)12)21(17,18)13-4-7-14-6(2)9(19-7)11(15)16/h3,13H,4H2,1-2H3,(H,15,16). The number of thiazole rings is 1. The van der Waals surface area contributed by atoms with Crippen LogP contribution in [-0.2, 0) is 16.6 Å². The van der Waals surface area contributed by atoms with Gasteiger partial charge in [-0.25, -0.2) is 22.9 Å². The molecule has 2 rings (SSSR count). The van der Waals surface area contributed by atoms with Crippen LogP contribution < -0.4 is 4.72 Å². The van der Waals surface area contributed by atoms with Crippen molar-refractivity contribution >= 4 is 50.3 Å². The van der Waals surface area contributed by atoms with Gasteiger partial charge < -0.3 is 5.11 Å². The highest BCUT2D eigenvalue weighted by molar-refractivity contribution is 7.91. The number of hydrogen-bond donors (Lipinski definition) is 2. The van der Waals surface area contributed by atoms with Crippen LogP contribution in [0.2, 0.25) is 4.34 Å². The third-order valence-corrected chi connectivity index (χ3v) is 7.12. The first-order valence-corrected chi connectivity index (χ1v) is 9.15. The van der Waals surface area contributed by atoms with Crippen molar-refractivity contribution < 1.29 is 18.3 Å². The zero-order chi connectivity index (χ0) is 15.8. The zero-order valence-corrected chi connectivity index (χ0v) is 14.2. The first-order chi connectivity index (χ1) is 9.70. The van der Waals surface area contributed by atoms with E-state index in [9.17, 15) is 13.2 Å². The van der Waals surface area contributed by atoms with Gasteiger partial charge in [-0.2, -0.15) is 0 Å². The van der Waals surface area contributed by atoms with Crippen molar-refractivity contribution in [1.29, 1.82) is 0 Å². The Morgan fingerprint density at radius 1 is 1.43 bits per heavy atom. The molecule has 0 saturated carbocycles. The first-order valence-electron chi connectivity index (χ1n) is 5.66. The Labute approximate surface area is 134 Å². The topological polar surface area (TPSA) is 96.4 Å². The molecular weight excluding hydrogens is 356 g/mol. The fourth-order valence-electron chi connectivity index (χ4n) is 1.52. The first kappa shape index (κ1) is 16.4. The predicted octanol–water partition coefficient (Wildman–Crippen LogP) is 2.65. The van der Waals surface area contributed by atoms with Gasteiger partial charge in [-0.1, -0.05) is 11.6 Å². The number of hydrogen-bond acceptors (Lipinski definition) is 6. The van der Waals surface area contributed by atoms with Gasteiger partial charge in [-0.3, -0.25) is 0 Å². The van der Waals surface area contributed by atoms with Crippen LogP contribution in [0.15, 0.2) is 10.3 Å². The second-order valence-corrected chi connectivity index (χ2v) is 8.91. The molecule has 2 heterocycles. The molecule has 2 N–H and O–H groups in total. The predicted molar refractivity (Wildman–Crippen MR) is 81.9 cm³/mol. The zero-order valence-electron chi connectivity index (χ0n) is 11.0. The molecular formula is C11H11ClN2O4S3. The summed E-state index contributed by atoms with van der Waals surface area (Å²) in [4.78, 5) is 15.1. The molecule has 21 heavy (non-hydrogen) atoms. The molecule has 0 aliphatic rings. The molecule has 0 aliphatic heterocycles. The Kier molecular flexibility index (Phi) is 4.69. The summed E-state index contributed by atoms with van der Waals surface area (Å²) in [6.07, 6.45) is 0. The quantitative estimate of drug-likeness (QED) is 0.847. The van der Waals surface area contributed by atoms with Crippen LogP contribution in [0.25, 0.3) is 0 Å². The van der Waals surface area contributed by atoms with E-state index in [1.54, 1.807) is 13.8 Å². The van der Waals surface area contributed by atoms with Crippen molar-refractivity contribution in [2.75, 3.05) is 0 Å².